The Balaban J connectivity index is 2.92. The summed E-state index contributed by atoms with van der Waals surface area (Å²) >= 11 is 0. The molecule has 4 nitrogen and oxygen atoms in total. The molecule has 0 heterocycles. The Hall–Kier alpha value is -1.83. The minimum Gasteiger partial charge on any atom is -0.395 e. The summed E-state index contributed by atoms with van der Waals surface area (Å²) in [5, 5.41) is 17.6. The van der Waals surface area contributed by atoms with Gasteiger partial charge in [-0.05, 0) is 37.6 Å². The highest BCUT2D eigenvalue weighted by Crippen LogP contribution is 2.12. The molecular weight excluding hydrogens is 254 g/mol. The average molecular weight is 275 g/mol. The van der Waals surface area contributed by atoms with Crippen LogP contribution >= 0.6 is 0 Å². The summed E-state index contributed by atoms with van der Waals surface area (Å²) in [4.78, 5) is 13.8. The lowest BCUT2D eigenvalue weighted by Crippen LogP contribution is -2.33. The third kappa shape index (κ3) is 4.37. The molecule has 0 aliphatic carbocycles. The van der Waals surface area contributed by atoms with Crippen molar-refractivity contribution in [2.75, 3.05) is 26.3 Å². The van der Waals surface area contributed by atoms with Crippen LogP contribution in [-0.4, -0.2) is 47.3 Å². The number of hydrogen-bond donors (Lipinski definition) is 2. The van der Waals surface area contributed by atoms with Crippen LogP contribution in [-0.2, 0) is 0 Å². The lowest BCUT2D eigenvalue weighted by atomic mass is 10.0. The van der Waals surface area contributed by atoms with Crippen molar-refractivity contribution in [1.29, 1.82) is 0 Å². The van der Waals surface area contributed by atoms with Crippen LogP contribution in [0.5, 0.6) is 0 Å². The Morgan fingerprint density at radius 2 is 2.05 bits per heavy atom. The number of likely N-dealkylation sites (N-methyl/N-ethyl adjacent to an activating group) is 1. The van der Waals surface area contributed by atoms with E-state index < -0.39 is 0 Å². The van der Waals surface area contributed by atoms with E-state index in [9.17, 15) is 4.79 Å². The third-order valence-corrected chi connectivity index (χ3v) is 2.97. The maximum Gasteiger partial charge on any atom is 0.253 e. The second kappa shape index (κ2) is 8.36. The molecule has 0 aromatic heterocycles. The molecule has 1 aromatic rings. The van der Waals surface area contributed by atoms with Gasteiger partial charge in [-0.1, -0.05) is 11.8 Å². The number of benzene rings is 1. The first-order valence-corrected chi connectivity index (χ1v) is 6.74. The average Bonchev–Trinajstić information content (AvgIpc) is 2.46. The monoisotopic (exact) mass is 275 g/mol. The van der Waals surface area contributed by atoms with Crippen LogP contribution in [0.2, 0.25) is 0 Å². The summed E-state index contributed by atoms with van der Waals surface area (Å²) in [6, 6.07) is 5.38. The van der Waals surface area contributed by atoms with E-state index in [1.165, 1.54) is 0 Å². The lowest BCUT2D eigenvalue weighted by molar-refractivity contribution is 0.0732. The van der Waals surface area contributed by atoms with Gasteiger partial charge in [0.2, 0.25) is 0 Å². The Morgan fingerprint density at radius 1 is 1.30 bits per heavy atom. The number of amides is 1. The van der Waals surface area contributed by atoms with Crippen molar-refractivity contribution in [3.05, 3.63) is 34.9 Å². The fraction of sp³-hybridized carbons (Fsp3) is 0.438. The van der Waals surface area contributed by atoms with Gasteiger partial charge in [0.25, 0.3) is 5.91 Å². The number of aliphatic hydroxyl groups is 2. The van der Waals surface area contributed by atoms with Gasteiger partial charge in [0, 0.05) is 30.6 Å². The Labute approximate surface area is 120 Å². The van der Waals surface area contributed by atoms with Gasteiger partial charge in [0.05, 0.1) is 13.2 Å². The van der Waals surface area contributed by atoms with Crippen LogP contribution in [0, 0.1) is 18.8 Å². The zero-order valence-electron chi connectivity index (χ0n) is 12.0. The molecule has 1 amide bonds. The predicted octanol–water partition coefficient (Wildman–Crippen LogP) is 1.18. The van der Waals surface area contributed by atoms with Crippen LogP contribution < -0.4 is 0 Å². The molecule has 1 aromatic carbocycles. The highest BCUT2D eigenvalue weighted by Gasteiger charge is 2.14. The van der Waals surface area contributed by atoms with Crippen LogP contribution in [0.1, 0.15) is 34.8 Å². The molecule has 20 heavy (non-hydrogen) atoms. The molecule has 0 unspecified atom stereocenters. The molecule has 0 aliphatic rings. The van der Waals surface area contributed by atoms with Crippen LogP contribution in [0.4, 0.5) is 0 Å². The molecule has 0 aliphatic heterocycles. The van der Waals surface area contributed by atoms with Gasteiger partial charge in [0.1, 0.15) is 0 Å². The molecule has 1 rings (SSSR count). The molecule has 0 radical (unpaired) electrons. The lowest BCUT2D eigenvalue weighted by Gasteiger charge is -2.20. The van der Waals surface area contributed by atoms with Gasteiger partial charge in [-0.3, -0.25) is 4.79 Å². The SMILES string of the molecule is CCN(CCO)C(=O)c1ccc(C#CCCO)c(C)c1. The molecule has 0 atom stereocenters. The van der Waals surface area contributed by atoms with E-state index in [1.54, 1.807) is 11.0 Å². The highest BCUT2D eigenvalue weighted by molar-refractivity contribution is 5.94. The summed E-state index contributed by atoms with van der Waals surface area (Å²) in [5.74, 6) is 5.76. The zero-order valence-corrected chi connectivity index (χ0v) is 12.0. The largest absolute Gasteiger partial charge is 0.395 e. The number of nitrogens with zero attached hydrogens (tertiary/aromatic N) is 1. The maximum atomic E-state index is 12.2. The standard InChI is InChI=1S/C16H21NO3/c1-3-17(9-11-19)16(20)15-8-7-14(13(2)12-15)6-4-5-10-18/h7-8,12,18-19H,3,5,9-11H2,1-2H3. The smallest absolute Gasteiger partial charge is 0.253 e. The van der Waals surface area contributed by atoms with E-state index in [0.717, 1.165) is 11.1 Å². The molecule has 0 saturated heterocycles. The predicted molar refractivity (Wildman–Crippen MR) is 78.4 cm³/mol. The number of rotatable bonds is 5. The summed E-state index contributed by atoms with van der Waals surface area (Å²) in [5.41, 5.74) is 2.40. The zero-order chi connectivity index (χ0) is 15.0. The number of carbonyl (C=O) groups excluding carboxylic acids is 1. The summed E-state index contributed by atoms with van der Waals surface area (Å²) in [7, 11) is 0. The second-order valence-corrected chi connectivity index (χ2v) is 4.41. The van der Waals surface area contributed by atoms with Gasteiger partial charge in [-0.2, -0.15) is 0 Å². The Kier molecular flexibility index (Phi) is 6.78. The van der Waals surface area contributed by atoms with Gasteiger partial charge >= 0.3 is 0 Å². The van der Waals surface area contributed by atoms with E-state index in [-0.39, 0.29) is 19.1 Å². The van der Waals surface area contributed by atoms with Gasteiger partial charge in [0.15, 0.2) is 0 Å². The van der Waals surface area contributed by atoms with E-state index in [1.807, 2.05) is 26.0 Å². The third-order valence-electron chi connectivity index (χ3n) is 2.97. The number of hydrogen-bond acceptors (Lipinski definition) is 3. The molecule has 0 saturated carbocycles. The first kappa shape index (κ1) is 16.2. The topological polar surface area (TPSA) is 60.8 Å². The second-order valence-electron chi connectivity index (χ2n) is 4.41. The maximum absolute atomic E-state index is 12.2. The van der Waals surface area contributed by atoms with E-state index >= 15 is 0 Å². The van der Waals surface area contributed by atoms with Gasteiger partial charge in [-0.25, -0.2) is 0 Å². The van der Waals surface area contributed by atoms with Crippen LogP contribution in [0.15, 0.2) is 18.2 Å². The van der Waals surface area contributed by atoms with Gasteiger partial charge in [-0.15, -0.1) is 0 Å². The van der Waals surface area contributed by atoms with E-state index in [4.69, 9.17) is 10.2 Å². The van der Waals surface area contributed by atoms with Gasteiger partial charge < -0.3 is 15.1 Å². The summed E-state index contributed by atoms with van der Waals surface area (Å²) in [6.07, 6.45) is 0.445. The Morgan fingerprint density at radius 3 is 2.60 bits per heavy atom. The van der Waals surface area contributed by atoms with Crippen molar-refractivity contribution in [2.45, 2.75) is 20.3 Å². The Bertz CT molecular complexity index is 514. The van der Waals surface area contributed by atoms with E-state index in [0.29, 0.717) is 25.1 Å². The molecule has 4 heteroatoms. The molecule has 108 valence electrons. The van der Waals surface area contributed by atoms with Crippen molar-refractivity contribution in [1.82, 2.24) is 4.90 Å². The van der Waals surface area contributed by atoms with Crippen molar-refractivity contribution in [2.24, 2.45) is 0 Å². The highest BCUT2D eigenvalue weighted by atomic mass is 16.3. The van der Waals surface area contributed by atoms with Crippen molar-refractivity contribution >= 4 is 5.91 Å². The minimum atomic E-state index is -0.0838. The molecular formula is C16H21NO3. The molecule has 0 bridgehead atoms. The molecule has 2 N–H and O–H groups in total. The quantitative estimate of drug-likeness (QED) is 0.793. The first-order valence-electron chi connectivity index (χ1n) is 6.74. The number of carbonyl (C=O) groups is 1. The molecule has 0 spiro atoms. The first-order chi connectivity index (χ1) is 9.63. The van der Waals surface area contributed by atoms with E-state index in [2.05, 4.69) is 11.8 Å². The summed E-state index contributed by atoms with van der Waals surface area (Å²) in [6.45, 7) is 4.71. The van der Waals surface area contributed by atoms with Crippen molar-refractivity contribution in [3.8, 4) is 11.8 Å². The van der Waals surface area contributed by atoms with Crippen LogP contribution in [0.3, 0.4) is 0 Å². The number of aryl methyl sites for hydroxylation is 1. The summed E-state index contributed by atoms with van der Waals surface area (Å²) < 4.78 is 0. The van der Waals surface area contributed by atoms with Crippen LogP contribution in [0.25, 0.3) is 0 Å². The fourth-order valence-electron chi connectivity index (χ4n) is 1.86. The fourth-order valence-corrected chi connectivity index (χ4v) is 1.86. The van der Waals surface area contributed by atoms with Crippen molar-refractivity contribution < 1.29 is 15.0 Å². The minimum absolute atomic E-state index is 0.0384. The normalized spacial score (nSPS) is 9.80. The molecule has 0 fully saturated rings. The number of aliphatic hydroxyl groups excluding tert-OH is 2. The van der Waals surface area contributed by atoms with Crippen molar-refractivity contribution in [3.63, 3.8) is 0 Å².